The smallest absolute Gasteiger partial charge is 0.321 e. The van der Waals surface area contributed by atoms with Crippen LogP contribution in [0.5, 0.6) is 0 Å². The minimum atomic E-state index is -0.388. The summed E-state index contributed by atoms with van der Waals surface area (Å²) in [6.45, 7) is 4.13. The van der Waals surface area contributed by atoms with Crippen LogP contribution >= 0.6 is 15.9 Å². The summed E-state index contributed by atoms with van der Waals surface area (Å²) in [5.74, 6) is -0.388. The quantitative estimate of drug-likeness (QED) is 0.836. The van der Waals surface area contributed by atoms with E-state index in [0.717, 1.165) is 6.54 Å². The van der Waals surface area contributed by atoms with E-state index in [1.54, 1.807) is 17.0 Å². The Morgan fingerprint density at radius 3 is 3.06 bits per heavy atom. The zero-order chi connectivity index (χ0) is 13.1. The van der Waals surface area contributed by atoms with Crippen molar-refractivity contribution < 1.29 is 9.18 Å². The summed E-state index contributed by atoms with van der Waals surface area (Å²) in [5, 5.41) is 5.96. The first-order chi connectivity index (χ1) is 8.56. The lowest BCUT2D eigenvalue weighted by atomic mass is 10.2. The second kappa shape index (κ2) is 5.67. The van der Waals surface area contributed by atoms with Crippen LogP contribution in [0.15, 0.2) is 22.7 Å². The summed E-state index contributed by atoms with van der Waals surface area (Å²) in [5.41, 5.74) is 0.465. The van der Waals surface area contributed by atoms with Gasteiger partial charge in [-0.05, 0) is 41.1 Å². The highest BCUT2D eigenvalue weighted by Gasteiger charge is 2.20. The van der Waals surface area contributed by atoms with Gasteiger partial charge in [0, 0.05) is 31.4 Å². The Hall–Kier alpha value is -1.14. The van der Waals surface area contributed by atoms with E-state index in [0.29, 0.717) is 23.2 Å². The van der Waals surface area contributed by atoms with Gasteiger partial charge in [-0.15, -0.1) is 0 Å². The second-order valence-corrected chi connectivity index (χ2v) is 5.21. The Morgan fingerprint density at radius 2 is 2.39 bits per heavy atom. The summed E-state index contributed by atoms with van der Waals surface area (Å²) >= 11 is 3.07. The van der Waals surface area contributed by atoms with E-state index in [1.807, 2.05) is 6.92 Å². The van der Waals surface area contributed by atoms with E-state index in [-0.39, 0.29) is 17.9 Å². The molecule has 1 fully saturated rings. The summed E-state index contributed by atoms with van der Waals surface area (Å²) in [6, 6.07) is 4.63. The highest BCUT2D eigenvalue weighted by molar-refractivity contribution is 9.10. The maximum atomic E-state index is 13.3. The average Bonchev–Trinajstić information content (AvgIpc) is 2.34. The van der Waals surface area contributed by atoms with Gasteiger partial charge in [-0.25, -0.2) is 9.18 Å². The monoisotopic (exact) mass is 315 g/mol. The van der Waals surface area contributed by atoms with Crippen LogP contribution in [0.25, 0.3) is 0 Å². The van der Waals surface area contributed by atoms with Crippen LogP contribution in [-0.2, 0) is 0 Å². The van der Waals surface area contributed by atoms with E-state index >= 15 is 0 Å². The molecule has 98 valence electrons. The maximum absolute atomic E-state index is 13.3. The number of carbonyl (C=O) groups excluding carboxylic acids is 1. The molecule has 18 heavy (non-hydrogen) atoms. The molecule has 0 unspecified atom stereocenters. The molecule has 0 spiro atoms. The average molecular weight is 316 g/mol. The standard InChI is InChI=1S/C12H15BrFN3O/c1-8-7-17(5-4-15-8)12(18)16-9-2-3-10(13)11(14)6-9/h2-3,6,8,15H,4-5,7H2,1H3,(H,16,18)/t8-/m1/s1. The van der Waals surface area contributed by atoms with Crippen LogP contribution in [0, 0.1) is 5.82 Å². The van der Waals surface area contributed by atoms with Gasteiger partial charge in [0.2, 0.25) is 0 Å². The van der Waals surface area contributed by atoms with Crippen LogP contribution in [0.1, 0.15) is 6.92 Å². The minimum absolute atomic E-state index is 0.190. The third-order valence-electron chi connectivity index (χ3n) is 2.83. The number of hydrogen-bond donors (Lipinski definition) is 2. The minimum Gasteiger partial charge on any atom is -0.322 e. The molecule has 0 saturated carbocycles. The number of anilines is 1. The highest BCUT2D eigenvalue weighted by atomic mass is 79.9. The second-order valence-electron chi connectivity index (χ2n) is 4.36. The van der Waals surface area contributed by atoms with Gasteiger partial charge < -0.3 is 15.5 Å². The molecule has 2 N–H and O–H groups in total. The zero-order valence-corrected chi connectivity index (χ0v) is 11.6. The molecule has 1 saturated heterocycles. The number of hydrogen-bond acceptors (Lipinski definition) is 2. The fourth-order valence-electron chi connectivity index (χ4n) is 1.89. The number of halogens is 2. The molecule has 4 nitrogen and oxygen atoms in total. The van der Waals surface area contributed by atoms with Gasteiger partial charge in [-0.3, -0.25) is 0 Å². The van der Waals surface area contributed by atoms with Crippen LogP contribution in [0.3, 0.4) is 0 Å². The van der Waals surface area contributed by atoms with Crippen LogP contribution in [0.4, 0.5) is 14.9 Å². The topological polar surface area (TPSA) is 44.4 Å². The highest BCUT2D eigenvalue weighted by Crippen LogP contribution is 2.19. The molecule has 1 aromatic carbocycles. The molecule has 1 atom stereocenters. The fourth-order valence-corrected chi connectivity index (χ4v) is 2.14. The van der Waals surface area contributed by atoms with E-state index in [1.165, 1.54) is 6.07 Å². The van der Waals surface area contributed by atoms with E-state index < -0.39 is 0 Å². The van der Waals surface area contributed by atoms with E-state index in [2.05, 4.69) is 26.6 Å². The Bertz CT molecular complexity index is 455. The SMILES string of the molecule is C[C@@H]1CN(C(=O)Nc2ccc(Br)c(F)c2)CCN1. The van der Waals surface area contributed by atoms with Gasteiger partial charge in [0.25, 0.3) is 0 Å². The van der Waals surface area contributed by atoms with E-state index in [9.17, 15) is 9.18 Å². The Kier molecular flexibility index (Phi) is 4.19. The van der Waals surface area contributed by atoms with Crippen LogP contribution in [-0.4, -0.2) is 36.6 Å². The third-order valence-corrected chi connectivity index (χ3v) is 3.47. The molecule has 2 rings (SSSR count). The van der Waals surface area contributed by atoms with Crippen molar-refractivity contribution in [3.63, 3.8) is 0 Å². The zero-order valence-electron chi connectivity index (χ0n) is 10.0. The Morgan fingerprint density at radius 1 is 1.61 bits per heavy atom. The summed E-state index contributed by atoms with van der Waals surface area (Å²) in [7, 11) is 0. The predicted octanol–water partition coefficient (Wildman–Crippen LogP) is 2.41. The lowest BCUT2D eigenvalue weighted by Gasteiger charge is -2.31. The number of benzene rings is 1. The molecule has 1 aliphatic rings. The van der Waals surface area contributed by atoms with Crippen LogP contribution in [0.2, 0.25) is 0 Å². The van der Waals surface area contributed by atoms with Gasteiger partial charge in [-0.1, -0.05) is 0 Å². The van der Waals surface area contributed by atoms with Gasteiger partial charge in [0.05, 0.1) is 4.47 Å². The summed E-state index contributed by atoms with van der Waals surface area (Å²) in [4.78, 5) is 13.7. The number of urea groups is 1. The Labute approximate surface area is 114 Å². The lowest BCUT2D eigenvalue weighted by Crippen LogP contribution is -2.52. The van der Waals surface area contributed by atoms with Crippen molar-refractivity contribution in [2.24, 2.45) is 0 Å². The lowest BCUT2D eigenvalue weighted by molar-refractivity contribution is 0.192. The van der Waals surface area contributed by atoms with Crippen LogP contribution < -0.4 is 10.6 Å². The van der Waals surface area contributed by atoms with Crippen molar-refractivity contribution in [1.29, 1.82) is 0 Å². The number of nitrogens with one attached hydrogen (secondary N) is 2. The molecule has 0 aromatic heterocycles. The van der Waals surface area contributed by atoms with Crippen molar-refractivity contribution >= 4 is 27.6 Å². The summed E-state index contributed by atoms with van der Waals surface area (Å²) < 4.78 is 13.7. The van der Waals surface area contributed by atoms with Crippen molar-refractivity contribution in [2.45, 2.75) is 13.0 Å². The molecule has 1 heterocycles. The van der Waals surface area contributed by atoms with Gasteiger partial charge >= 0.3 is 6.03 Å². The van der Waals surface area contributed by atoms with Crippen molar-refractivity contribution in [2.75, 3.05) is 25.0 Å². The number of amides is 2. The normalized spacial score (nSPS) is 19.7. The Balaban J connectivity index is 2.00. The first-order valence-corrected chi connectivity index (χ1v) is 6.60. The maximum Gasteiger partial charge on any atom is 0.321 e. The number of carbonyl (C=O) groups is 1. The van der Waals surface area contributed by atoms with Crippen molar-refractivity contribution in [3.05, 3.63) is 28.5 Å². The molecule has 1 aliphatic heterocycles. The predicted molar refractivity (Wildman–Crippen MR) is 72.2 cm³/mol. The van der Waals surface area contributed by atoms with E-state index in [4.69, 9.17) is 0 Å². The molecule has 2 amide bonds. The number of nitrogens with zero attached hydrogens (tertiary/aromatic N) is 1. The van der Waals surface area contributed by atoms with Gasteiger partial charge in [0.1, 0.15) is 5.82 Å². The third kappa shape index (κ3) is 3.20. The first-order valence-electron chi connectivity index (χ1n) is 5.80. The molecule has 0 aliphatic carbocycles. The molecule has 0 bridgehead atoms. The largest absolute Gasteiger partial charge is 0.322 e. The van der Waals surface area contributed by atoms with Gasteiger partial charge in [0.15, 0.2) is 0 Å². The molecular formula is C12H15BrFN3O. The first kappa shape index (κ1) is 13.3. The van der Waals surface area contributed by atoms with Crippen molar-refractivity contribution in [1.82, 2.24) is 10.2 Å². The molecule has 6 heteroatoms. The molecule has 0 radical (unpaired) electrons. The molecular weight excluding hydrogens is 301 g/mol. The van der Waals surface area contributed by atoms with Gasteiger partial charge in [-0.2, -0.15) is 0 Å². The molecule has 1 aromatic rings. The fraction of sp³-hybridized carbons (Fsp3) is 0.417. The number of piperazine rings is 1. The summed E-state index contributed by atoms with van der Waals surface area (Å²) in [6.07, 6.45) is 0. The number of rotatable bonds is 1. The van der Waals surface area contributed by atoms with Crippen molar-refractivity contribution in [3.8, 4) is 0 Å².